The lowest BCUT2D eigenvalue weighted by Crippen LogP contribution is -2.44. The number of nitrogens with two attached hydrogens (primary N) is 1. The number of hydrogen-bond acceptors (Lipinski definition) is 6. The molecule has 2 aliphatic heterocycles. The number of nitrogens with zero attached hydrogens (tertiary/aromatic N) is 4. The molecule has 5 rings (SSSR count). The fourth-order valence-corrected chi connectivity index (χ4v) is 4.89. The minimum absolute atomic E-state index is 0.314. The standard InChI is InChI=1S/C24H29ClN6O/c25-20-7-5-17(6-8-20)13-21-16-32-22-4-2-1-3-19(22)15-31(21)14-18-9-11-30(12-10-18)24-27-23(26)28-29-24/h1-8,18,21H,9-16H2,(H3,26,27,28,29). The molecule has 7 nitrogen and oxygen atoms in total. The van der Waals surface area contributed by atoms with Crippen molar-refractivity contribution in [3.05, 3.63) is 64.7 Å². The van der Waals surface area contributed by atoms with Crippen molar-refractivity contribution in [3.63, 3.8) is 0 Å². The number of rotatable bonds is 5. The summed E-state index contributed by atoms with van der Waals surface area (Å²) >= 11 is 6.10. The number of anilines is 2. The van der Waals surface area contributed by atoms with Crippen LogP contribution in [0.15, 0.2) is 48.5 Å². The molecule has 0 aliphatic carbocycles. The molecule has 3 aromatic rings. The first kappa shape index (κ1) is 21.1. The molecule has 1 fully saturated rings. The Balaban J connectivity index is 1.28. The zero-order valence-corrected chi connectivity index (χ0v) is 18.8. The van der Waals surface area contributed by atoms with Crippen molar-refractivity contribution in [1.82, 2.24) is 20.1 Å². The van der Waals surface area contributed by atoms with E-state index in [-0.39, 0.29) is 0 Å². The lowest BCUT2D eigenvalue weighted by molar-refractivity contribution is 0.118. The van der Waals surface area contributed by atoms with Gasteiger partial charge >= 0.3 is 0 Å². The summed E-state index contributed by atoms with van der Waals surface area (Å²) in [5.41, 5.74) is 8.25. The molecular weight excluding hydrogens is 424 g/mol. The summed E-state index contributed by atoms with van der Waals surface area (Å²) in [5, 5.41) is 7.72. The number of H-pyrrole nitrogens is 1. The fourth-order valence-electron chi connectivity index (χ4n) is 4.76. The average molecular weight is 453 g/mol. The normalized spacial score (nSPS) is 19.9. The van der Waals surface area contributed by atoms with E-state index in [4.69, 9.17) is 22.1 Å². The van der Waals surface area contributed by atoms with Gasteiger partial charge in [-0.15, -0.1) is 5.10 Å². The first-order valence-electron chi connectivity index (χ1n) is 11.3. The summed E-state index contributed by atoms with van der Waals surface area (Å²) in [6, 6.07) is 16.9. The van der Waals surface area contributed by atoms with E-state index in [0.717, 1.165) is 56.2 Å². The number of para-hydroxylation sites is 1. The van der Waals surface area contributed by atoms with E-state index in [2.05, 4.69) is 55.3 Å². The highest BCUT2D eigenvalue weighted by Gasteiger charge is 2.29. The summed E-state index contributed by atoms with van der Waals surface area (Å²) in [6.45, 7) is 4.55. The Bertz CT molecular complexity index is 1030. The lowest BCUT2D eigenvalue weighted by atomic mass is 9.94. The number of benzene rings is 2. The van der Waals surface area contributed by atoms with Crippen molar-refractivity contribution >= 4 is 23.5 Å². The van der Waals surface area contributed by atoms with Crippen LogP contribution < -0.4 is 15.4 Å². The van der Waals surface area contributed by atoms with Crippen LogP contribution in [0.1, 0.15) is 24.0 Å². The Morgan fingerprint density at radius 1 is 1.09 bits per heavy atom. The number of nitrogen functional groups attached to an aromatic ring is 1. The highest BCUT2D eigenvalue weighted by atomic mass is 35.5. The van der Waals surface area contributed by atoms with Gasteiger partial charge < -0.3 is 15.4 Å². The summed E-state index contributed by atoms with van der Waals surface area (Å²) in [6.07, 6.45) is 3.17. The van der Waals surface area contributed by atoms with Crippen molar-refractivity contribution < 1.29 is 4.74 Å². The molecule has 0 radical (unpaired) electrons. The Morgan fingerprint density at radius 2 is 1.88 bits per heavy atom. The summed E-state index contributed by atoms with van der Waals surface area (Å²) in [7, 11) is 0. The lowest BCUT2D eigenvalue weighted by Gasteiger charge is -2.36. The van der Waals surface area contributed by atoms with Gasteiger partial charge in [-0.05, 0) is 48.9 Å². The van der Waals surface area contributed by atoms with Gasteiger partial charge in [0.05, 0.1) is 0 Å². The molecule has 2 aromatic carbocycles. The van der Waals surface area contributed by atoms with Crippen molar-refractivity contribution in [2.75, 3.05) is 36.9 Å². The van der Waals surface area contributed by atoms with E-state index in [1.165, 1.54) is 11.1 Å². The maximum Gasteiger partial charge on any atom is 0.246 e. The number of fused-ring (bicyclic) bond motifs is 1. The van der Waals surface area contributed by atoms with Gasteiger partial charge in [0.25, 0.3) is 0 Å². The second kappa shape index (κ2) is 9.38. The molecular formula is C24H29ClN6O. The van der Waals surface area contributed by atoms with Crippen molar-refractivity contribution in [1.29, 1.82) is 0 Å². The minimum atomic E-state index is 0.314. The van der Waals surface area contributed by atoms with Crippen molar-refractivity contribution in [2.45, 2.75) is 31.8 Å². The van der Waals surface area contributed by atoms with Gasteiger partial charge in [0, 0.05) is 42.8 Å². The molecule has 0 spiro atoms. The van der Waals surface area contributed by atoms with E-state index in [0.29, 0.717) is 30.5 Å². The number of hydrogen-bond donors (Lipinski definition) is 2. The van der Waals surface area contributed by atoms with Crippen LogP contribution in [0.4, 0.5) is 11.9 Å². The van der Waals surface area contributed by atoms with Gasteiger partial charge in [-0.25, -0.2) is 5.10 Å². The number of piperidine rings is 1. The molecule has 1 atom stereocenters. The topological polar surface area (TPSA) is 83.3 Å². The molecule has 0 amide bonds. The van der Waals surface area contributed by atoms with Crippen LogP contribution in [-0.2, 0) is 13.0 Å². The van der Waals surface area contributed by atoms with E-state index in [1.54, 1.807) is 0 Å². The first-order chi connectivity index (χ1) is 15.6. The van der Waals surface area contributed by atoms with Crippen LogP contribution in [0.3, 0.4) is 0 Å². The Labute approximate surface area is 193 Å². The molecule has 1 aromatic heterocycles. The number of aromatic nitrogens is 3. The molecule has 168 valence electrons. The minimum Gasteiger partial charge on any atom is -0.492 e. The van der Waals surface area contributed by atoms with Gasteiger partial charge in [0.2, 0.25) is 11.9 Å². The Hall–Kier alpha value is -2.77. The quantitative estimate of drug-likeness (QED) is 0.613. The van der Waals surface area contributed by atoms with E-state index < -0.39 is 0 Å². The van der Waals surface area contributed by atoms with Crippen LogP contribution in [0.25, 0.3) is 0 Å². The maximum atomic E-state index is 6.25. The number of aromatic amines is 1. The predicted octanol–water partition coefficient (Wildman–Crippen LogP) is 3.76. The Kier molecular flexibility index (Phi) is 6.19. The Morgan fingerprint density at radius 3 is 2.62 bits per heavy atom. The summed E-state index contributed by atoms with van der Waals surface area (Å²) < 4.78 is 6.25. The third-order valence-corrected chi connectivity index (χ3v) is 6.81. The molecule has 3 heterocycles. The second-order valence-corrected chi connectivity index (χ2v) is 9.22. The van der Waals surface area contributed by atoms with Crippen molar-refractivity contribution in [2.24, 2.45) is 5.92 Å². The predicted molar refractivity (Wildman–Crippen MR) is 127 cm³/mol. The SMILES string of the molecule is Nc1nc(N2CCC(CN3Cc4ccccc4OCC3Cc3ccc(Cl)cc3)CC2)n[nH]1. The molecule has 32 heavy (non-hydrogen) atoms. The summed E-state index contributed by atoms with van der Waals surface area (Å²) in [5.74, 6) is 2.71. The smallest absolute Gasteiger partial charge is 0.246 e. The largest absolute Gasteiger partial charge is 0.492 e. The van der Waals surface area contributed by atoms with Gasteiger partial charge in [0.1, 0.15) is 12.4 Å². The number of halogens is 1. The highest BCUT2D eigenvalue weighted by Crippen LogP contribution is 2.29. The number of ether oxygens (including phenoxy) is 1. The van der Waals surface area contributed by atoms with Crippen LogP contribution in [0.5, 0.6) is 5.75 Å². The molecule has 2 aliphatic rings. The third-order valence-electron chi connectivity index (χ3n) is 6.56. The first-order valence-corrected chi connectivity index (χ1v) is 11.6. The third kappa shape index (κ3) is 4.84. The van der Waals surface area contributed by atoms with E-state index in [9.17, 15) is 0 Å². The van der Waals surface area contributed by atoms with E-state index in [1.807, 2.05) is 18.2 Å². The number of nitrogens with one attached hydrogen (secondary N) is 1. The molecule has 1 saturated heterocycles. The molecule has 8 heteroatoms. The molecule has 0 saturated carbocycles. The maximum absolute atomic E-state index is 6.25. The fraction of sp³-hybridized carbons (Fsp3) is 0.417. The summed E-state index contributed by atoms with van der Waals surface area (Å²) in [4.78, 5) is 9.11. The molecule has 0 bridgehead atoms. The average Bonchev–Trinajstić information content (AvgIpc) is 3.17. The van der Waals surface area contributed by atoms with Gasteiger partial charge in [0.15, 0.2) is 0 Å². The van der Waals surface area contributed by atoms with Gasteiger partial charge in [-0.1, -0.05) is 41.9 Å². The van der Waals surface area contributed by atoms with Crippen LogP contribution in [0, 0.1) is 5.92 Å². The van der Waals surface area contributed by atoms with Crippen LogP contribution in [0.2, 0.25) is 5.02 Å². The molecule has 3 N–H and O–H groups in total. The van der Waals surface area contributed by atoms with E-state index >= 15 is 0 Å². The monoisotopic (exact) mass is 452 g/mol. The zero-order valence-electron chi connectivity index (χ0n) is 18.1. The highest BCUT2D eigenvalue weighted by molar-refractivity contribution is 6.30. The second-order valence-electron chi connectivity index (χ2n) is 8.78. The van der Waals surface area contributed by atoms with Crippen LogP contribution in [-0.4, -0.2) is 52.4 Å². The van der Waals surface area contributed by atoms with Gasteiger partial charge in [-0.2, -0.15) is 4.98 Å². The van der Waals surface area contributed by atoms with Crippen LogP contribution >= 0.6 is 11.6 Å². The molecule has 1 unspecified atom stereocenters. The van der Waals surface area contributed by atoms with Crippen molar-refractivity contribution in [3.8, 4) is 5.75 Å². The van der Waals surface area contributed by atoms with Gasteiger partial charge in [-0.3, -0.25) is 4.90 Å². The zero-order chi connectivity index (χ0) is 21.9.